The Morgan fingerprint density at radius 1 is 1.26 bits per heavy atom. The van der Waals surface area contributed by atoms with Crippen LogP contribution in [-0.2, 0) is 4.79 Å². The molecule has 1 aromatic carbocycles. The van der Waals surface area contributed by atoms with Crippen LogP contribution in [0.2, 0.25) is 0 Å². The number of amides is 2. The van der Waals surface area contributed by atoms with Crippen LogP contribution in [0.15, 0.2) is 42.2 Å². The summed E-state index contributed by atoms with van der Waals surface area (Å²) in [6.45, 7) is 11.5. The van der Waals surface area contributed by atoms with E-state index < -0.39 is 17.6 Å². The van der Waals surface area contributed by atoms with E-state index in [0.717, 1.165) is 18.9 Å². The Balaban J connectivity index is 0.000000940. The molecule has 0 aromatic heterocycles. The monoisotopic (exact) mass is 452 g/mol. The molecule has 1 fully saturated rings. The molecular weight excluding hydrogens is 414 g/mol. The zero-order valence-corrected chi connectivity index (χ0v) is 20.6. The molecule has 1 aliphatic carbocycles. The highest BCUT2D eigenvalue weighted by atomic mass is 31.0. The third-order valence-corrected chi connectivity index (χ3v) is 4.65. The van der Waals surface area contributed by atoms with E-state index in [4.69, 9.17) is 0 Å². The molecule has 2 rings (SSSR count). The molecule has 4 N–H and O–H groups in total. The minimum Gasteiger partial charge on any atom is -0.392 e. The van der Waals surface area contributed by atoms with Crippen LogP contribution in [0.1, 0.15) is 50.4 Å². The number of hydrogen-bond donors (Lipinski definition) is 4. The van der Waals surface area contributed by atoms with Gasteiger partial charge in [0.2, 0.25) is 0 Å². The van der Waals surface area contributed by atoms with Crippen molar-refractivity contribution in [2.24, 2.45) is 5.92 Å². The van der Waals surface area contributed by atoms with Gasteiger partial charge in [-0.3, -0.25) is 9.59 Å². The number of hydrogen-bond acceptors (Lipinski definition) is 4. The maximum Gasteiger partial charge on any atom is 0.259 e. The summed E-state index contributed by atoms with van der Waals surface area (Å²) < 4.78 is 13.9. The second-order valence-electron chi connectivity index (χ2n) is 7.13. The molecule has 8 heteroatoms. The van der Waals surface area contributed by atoms with E-state index in [1.165, 1.54) is 31.2 Å². The van der Waals surface area contributed by atoms with Gasteiger partial charge in [0, 0.05) is 19.8 Å². The highest BCUT2D eigenvalue weighted by molar-refractivity contribution is 7.27. The molecule has 31 heavy (non-hydrogen) atoms. The standard InChI is InChI=1S/C16H21FN3O2P.C4H8.C3H9N/c1-4-8-19-15(21)10(2)12(9-18-3)20-16(22)14-11(17)6-5-7-13(14)23;1-4-2-3-4;1-3-4-2/h5-7,9,18H,2,4,8,23H2,1,3H3,(H,19,21)(H,20,22);4H,2-3H2,1H3;4H,3H2,1-2H3/b12-9+;;. The zero-order valence-electron chi connectivity index (χ0n) is 19.4. The average molecular weight is 453 g/mol. The molecule has 2 amide bonds. The second-order valence-corrected chi connectivity index (χ2v) is 7.75. The Morgan fingerprint density at radius 3 is 2.26 bits per heavy atom. The van der Waals surface area contributed by atoms with Crippen LogP contribution >= 0.6 is 9.24 Å². The summed E-state index contributed by atoms with van der Waals surface area (Å²) in [7, 11) is 5.86. The Hall–Kier alpha value is -2.24. The van der Waals surface area contributed by atoms with Gasteiger partial charge in [0.05, 0.1) is 16.8 Å². The van der Waals surface area contributed by atoms with Gasteiger partial charge in [-0.1, -0.05) is 52.3 Å². The number of carbonyl (C=O) groups is 2. The summed E-state index contributed by atoms with van der Waals surface area (Å²) in [6.07, 6.45) is 5.18. The summed E-state index contributed by atoms with van der Waals surface area (Å²) in [4.78, 5) is 24.3. The molecule has 1 aromatic rings. The van der Waals surface area contributed by atoms with Crippen LogP contribution in [0, 0.1) is 11.7 Å². The van der Waals surface area contributed by atoms with Crippen molar-refractivity contribution in [3.05, 3.63) is 53.6 Å². The second kappa shape index (κ2) is 16.5. The first-order valence-electron chi connectivity index (χ1n) is 10.6. The number of carbonyl (C=O) groups excluding carboxylic acids is 2. The fourth-order valence-corrected chi connectivity index (χ4v) is 2.32. The molecule has 174 valence electrons. The SMILES string of the molecule is C=C(C(=O)NCCC)/C(=C\NC)NC(=O)c1c(F)cccc1P.CC1CC1.CCNC. The molecule has 1 saturated carbocycles. The van der Waals surface area contributed by atoms with Gasteiger partial charge in [0.25, 0.3) is 11.8 Å². The van der Waals surface area contributed by atoms with E-state index in [1.807, 2.05) is 14.0 Å². The van der Waals surface area contributed by atoms with Gasteiger partial charge in [-0.2, -0.15) is 0 Å². The zero-order chi connectivity index (χ0) is 23.8. The van der Waals surface area contributed by atoms with Gasteiger partial charge in [-0.25, -0.2) is 4.39 Å². The number of rotatable bonds is 8. The molecule has 1 aliphatic rings. The fourth-order valence-electron chi connectivity index (χ4n) is 1.94. The quantitative estimate of drug-likeness (QED) is 0.278. The van der Waals surface area contributed by atoms with E-state index >= 15 is 0 Å². The summed E-state index contributed by atoms with van der Waals surface area (Å²) in [5.41, 5.74) is 0.169. The number of halogens is 1. The van der Waals surface area contributed by atoms with Crippen LogP contribution < -0.4 is 26.6 Å². The van der Waals surface area contributed by atoms with Crippen molar-refractivity contribution >= 4 is 26.4 Å². The molecule has 0 bridgehead atoms. The summed E-state index contributed by atoms with van der Waals surface area (Å²) in [5, 5.41) is 11.3. The number of nitrogens with one attached hydrogen (secondary N) is 4. The van der Waals surface area contributed by atoms with E-state index in [1.54, 1.807) is 13.1 Å². The number of benzene rings is 1. The van der Waals surface area contributed by atoms with Crippen molar-refractivity contribution in [1.82, 2.24) is 21.3 Å². The van der Waals surface area contributed by atoms with Crippen molar-refractivity contribution in [1.29, 1.82) is 0 Å². The lowest BCUT2D eigenvalue weighted by Gasteiger charge is -2.14. The summed E-state index contributed by atoms with van der Waals surface area (Å²) in [5.74, 6) is -0.604. The van der Waals surface area contributed by atoms with E-state index in [-0.39, 0.29) is 16.8 Å². The molecule has 0 saturated heterocycles. The van der Waals surface area contributed by atoms with Crippen molar-refractivity contribution in [2.75, 3.05) is 27.2 Å². The molecule has 1 atom stereocenters. The van der Waals surface area contributed by atoms with Gasteiger partial charge in [-0.05, 0) is 37.3 Å². The van der Waals surface area contributed by atoms with E-state index in [2.05, 4.69) is 50.9 Å². The minimum atomic E-state index is -0.654. The predicted molar refractivity (Wildman–Crippen MR) is 131 cm³/mol. The van der Waals surface area contributed by atoms with E-state index in [0.29, 0.717) is 11.8 Å². The van der Waals surface area contributed by atoms with Crippen LogP contribution in [-0.4, -0.2) is 39.0 Å². The van der Waals surface area contributed by atoms with Crippen molar-refractivity contribution in [3.8, 4) is 0 Å². The van der Waals surface area contributed by atoms with E-state index in [9.17, 15) is 14.0 Å². The van der Waals surface area contributed by atoms with Gasteiger partial charge < -0.3 is 21.3 Å². The first kappa shape index (κ1) is 28.8. The maximum absolute atomic E-state index is 13.9. The minimum absolute atomic E-state index is 0.0859. The molecular formula is C23H38FN4O2P. The van der Waals surface area contributed by atoms with Crippen molar-refractivity contribution < 1.29 is 14.0 Å². The van der Waals surface area contributed by atoms with Gasteiger partial charge >= 0.3 is 0 Å². The smallest absolute Gasteiger partial charge is 0.259 e. The molecule has 0 aliphatic heterocycles. The largest absolute Gasteiger partial charge is 0.392 e. The van der Waals surface area contributed by atoms with Crippen LogP contribution in [0.3, 0.4) is 0 Å². The highest BCUT2D eigenvalue weighted by Gasteiger charge is 2.19. The lowest BCUT2D eigenvalue weighted by molar-refractivity contribution is -0.117. The third kappa shape index (κ3) is 12.3. The lowest BCUT2D eigenvalue weighted by Crippen LogP contribution is -2.33. The highest BCUT2D eigenvalue weighted by Crippen LogP contribution is 2.26. The maximum atomic E-state index is 13.9. The fraction of sp³-hybridized carbons (Fsp3) is 0.478. The molecule has 1 unspecified atom stereocenters. The first-order chi connectivity index (χ1) is 14.7. The lowest BCUT2D eigenvalue weighted by atomic mass is 10.1. The molecule has 0 spiro atoms. The Kier molecular flexibility index (Phi) is 15.3. The van der Waals surface area contributed by atoms with Crippen LogP contribution in [0.4, 0.5) is 4.39 Å². The van der Waals surface area contributed by atoms with Crippen LogP contribution in [0.25, 0.3) is 0 Å². The summed E-state index contributed by atoms with van der Waals surface area (Å²) >= 11 is 0. The Bertz CT molecular complexity index is 727. The van der Waals surface area contributed by atoms with Crippen molar-refractivity contribution in [2.45, 2.75) is 40.0 Å². The van der Waals surface area contributed by atoms with Crippen molar-refractivity contribution in [3.63, 3.8) is 0 Å². The first-order valence-corrected chi connectivity index (χ1v) is 11.2. The van der Waals surface area contributed by atoms with Crippen LogP contribution in [0.5, 0.6) is 0 Å². The van der Waals surface area contributed by atoms with Gasteiger partial charge in [0.15, 0.2) is 0 Å². The Morgan fingerprint density at radius 2 is 1.84 bits per heavy atom. The molecule has 0 radical (unpaired) electrons. The average Bonchev–Trinajstić information content (AvgIpc) is 3.53. The van der Waals surface area contributed by atoms with Gasteiger partial charge in [-0.15, -0.1) is 9.24 Å². The molecule has 6 nitrogen and oxygen atoms in total. The third-order valence-electron chi connectivity index (χ3n) is 4.16. The Labute approximate surface area is 188 Å². The summed E-state index contributed by atoms with van der Waals surface area (Å²) in [6, 6.07) is 4.32. The topological polar surface area (TPSA) is 82.3 Å². The normalized spacial score (nSPS) is 12.4. The molecule has 0 heterocycles. The predicted octanol–water partition coefficient (Wildman–Crippen LogP) is 2.84. The van der Waals surface area contributed by atoms with Gasteiger partial charge in [0.1, 0.15) is 5.82 Å².